The Morgan fingerprint density at radius 3 is 2.67 bits per heavy atom. The lowest BCUT2D eigenvalue weighted by atomic mass is 10.0. The molecule has 2 atom stereocenters. The molecule has 1 fully saturated rings. The van der Waals surface area contributed by atoms with Gasteiger partial charge in [-0.15, -0.1) is 0 Å². The van der Waals surface area contributed by atoms with E-state index in [2.05, 4.69) is 31.0 Å². The number of likely N-dealkylation sites (tertiary alicyclic amines) is 1. The van der Waals surface area contributed by atoms with Crippen molar-refractivity contribution in [2.75, 3.05) is 39.9 Å². The molecule has 3 nitrogen and oxygen atoms in total. The fraction of sp³-hybridized carbons (Fsp3) is 1.00. The van der Waals surface area contributed by atoms with Crippen molar-refractivity contribution in [2.24, 2.45) is 11.8 Å². The highest BCUT2D eigenvalue weighted by atomic mass is 16.5. The van der Waals surface area contributed by atoms with E-state index >= 15 is 0 Å². The smallest absolute Gasteiger partial charge is 0.0630 e. The highest BCUT2D eigenvalue weighted by Gasteiger charge is 2.21. The van der Waals surface area contributed by atoms with E-state index < -0.39 is 0 Å². The van der Waals surface area contributed by atoms with Crippen LogP contribution in [-0.2, 0) is 4.74 Å². The Morgan fingerprint density at radius 2 is 2.00 bits per heavy atom. The summed E-state index contributed by atoms with van der Waals surface area (Å²) in [5, 5.41) is 3.58. The average molecular weight is 256 g/mol. The van der Waals surface area contributed by atoms with Crippen LogP contribution in [0.3, 0.4) is 0 Å². The van der Waals surface area contributed by atoms with Gasteiger partial charge in [0.25, 0.3) is 0 Å². The van der Waals surface area contributed by atoms with E-state index in [-0.39, 0.29) is 0 Å². The molecule has 0 saturated carbocycles. The first-order valence-corrected chi connectivity index (χ1v) is 7.57. The molecule has 0 aromatic carbocycles. The van der Waals surface area contributed by atoms with Gasteiger partial charge in [-0.05, 0) is 50.7 Å². The van der Waals surface area contributed by atoms with Gasteiger partial charge in [0.15, 0.2) is 0 Å². The number of nitrogens with one attached hydrogen (secondary N) is 1. The molecule has 0 aromatic rings. The van der Waals surface area contributed by atoms with Crippen molar-refractivity contribution in [1.82, 2.24) is 10.2 Å². The second-order valence-corrected chi connectivity index (χ2v) is 6.23. The number of methoxy groups -OCH3 is 1. The molecular formula is C15H32N2O. The van der Waals surface area contributed by atoms with Gasteiger partial charge < -0.3 is 10.1 Å². The van der Waals surface area contributed by atoms with Gasteiger partial charge >= 0.3 is 0 Å². The average Bonchev–Trinajstić information content (AvgIpc) is 2.52. The van der Waals surface area contributed by atoms with Crippen molar-refractivity contribution < 1.29 is 4.74 Å². The lowest BCUT2D eigenvalue weighted by Crippen LogP contribution is -2.46. The van der Waals surface area contributed by atoms with E-state index in [9.17, 15) is 0 Å². The summed E-state index contributed by atoms with van der Waals surface area (Å²) in [6.45, 7) is 12.4. The van der Waals surface area contributed by atoms with Crippen LogP contribution in [0.15, 0.2) is 0 Å². The number of hydrogen-bond donors (Lipinski definition) is 1. The number of nitrogens with zero attached hydrogens (tertiary/aromatic N) is 1. The number of rotatable bonds is 7. The minimum atomic E-state index is 0.541. The third-order valence-electron chi connectivity index (χ3n) is 3.86. The fourth-order valence-corrected chi connectivity index (χ4v) is 2.67. The Bertz CT molecular complexity index is 209. The van der Waals surface area contributed by atoms with Gasteiger partial charge in [0.05, 0.1) is 6.61 Å². The fourth-order valence-electron chi connectivity index (χ4n) is 2.67. The first-order chi connectivity index (χ1) is 8.63. The summed E-state index contributed by atoms with van der Waals surface area (Å²) >= 11 is 0. The number of hydrogen-bond acceptors (Lipinski definition) is 3. The Morgan fingerprint density at radius 1 is 1.22 bits per heavy atom. The topological polar surface area (TPSA) is 24.5 Å². The van der Waals surface area contributed by atoms with E-state index in [1.165, 1.54) is 32.4 Å². The summed E-state index contributed by atoms with van der Waals surface area (Å²) in [5.74, 6) is 1.61. The zero-order valence-corrected chi connectivity index (χ0v) is 12.7. The number of ether oxygens (including phenoxy) is 1. The predicted molar refractivity (Wildman–Crippen MR) is 78.0 cm³/mol. The van der Waals surface area contributed by atoms with Crippen molar-refractivity contribution in [3.63, 3.8) is 0 Å². The maximum absolute atomic E-state index is 5.40. The van der Waals surface area contributed by atoms with Crippen LogP contribution in [-0.4, -0.2) is 50.8 Å². The van der Waals surface area contributed by atoms with E-state index in [0.717, 1.165) is 31.5 Å². The van der Waals surface area contributed by atoms with Crippen molar-refractivity contribution in [1.29, 1.82) is 0 Å². The SMILES string of the molecule is COCC(CNCC(C)C)N1CCCC(C)CC1. The van der Waals surface area contributed by atoms with E-state index in [1.54, 1.807) is 0 Å². The van der Waals surface area contributed by atoms with E-state index in [0.29, 0.717) is 6.04 Å². The highest BCUT2D eigenvalue weighted by molar-refractivity contribution is 4.77. The van der Waals surface area contributed by atoms with Crippen LogP contribution in [0.5, 0.6) is 0 Å². The highest BCUT2D eigenvalue weighted by Crippen LogP contribution is 2.18. The van der Waals surface area contributed by atoms with Gasteiger partial charge in [-0.3, -0.25) is 4.90 Å². The monoisotopic (exact) mass is 256 g/mol. The molecule has 1 aliphatic heterocycles. The third-order valence-corrected chi connectivity index (χ3v) is 3.86. The summed E-state index contributed by atoms with van der Waals surface area (Å²) in [7, 11) is 1.82. The van der Waals surface area contributed by atoms with Gasteiger partial charge in [0.1, 0.15) is 0 Å². The minimum absolute atomic E-state index is 0.541. The molecule has 0 aliphatic carbocycles. The summed E-state index contributed by atoms with van der Waals surface area (Å²) in [5.41, 5.74) is 0. The van der Waals surface area contributed by atoms with Crippen LogP contribution in [0.2, 0.25) is 0 Å². The normalized spacial score (nSPS) is 24.2. The van der Waals surface area contributed by atoms with E-state index in [1.807, 2.05) is 7.11 Å². The molecule has 1 rings (SSSR count). The Labute approximate surface area is 113 Å². The first kappa shape index (κ1) is 15.9. The van der Waals surface area contributed by atoms with Gasteiger partial charge in [0, 0.05) is 19.7 Å². The van der Waals surface area contributed by atoms with Crippen LogP contribution >= 0.6 is 0 Å². The van der Waals surface area contributed by atoms with Gasteiger partial charge in [-0.25, -0.2) is 0 Å². The molecule has 1 aliphatic rings. The molecule has 0 spiro atoms. The summed E-state index contributed by atoms with van der Waals surface area (Å²) in [6, 6.07) is 0.541. The standard InChI is InChI=1S/C15H32N2O/c1-13(2)10-16-11-15(12-18-4)17-8-5-6-14(3)7-9-17/h13-16H,5-12H2,1-4H3. The Balaban J connectivity index is 2.38. The predicted octanol–water partition coefficient (Wildman–Crippen LogP) is 2.37. The Kier molecular flexibility index (Phi) is 7.87. The molecule has 0 bridgehead atoms. The maximum Gasteiger partial charge on any atom is 0.0630 e. The van der Waals surface area contributed by atoms with E-state index in [4.69, 9.17) is 4.74 Å². The summed E-state index contributed by atoms with van der Waals surface area (Å²) < 4.78 is 5.40. The van der Waals surface area contributed by atoms with Gasteiger partial charge in [-0.2, -0.15) is 0 Å². The molecule has 2 unspecified atom stereocenters. The Hall–Kier alpha value is -0.120. The zero-order chi connectivity index (χ0) is 13.4. The van der Waals surface area contributed by atoms with Gasteiger partial charge in [0.2, 0.25) is 0 Å². The van der Waals surface area contributed by atoms with Crippen molar-refractivity contribution >= 4 is 0 Å². The lowest BCUT2D eigenvalue weighted by molar-refractivity contribution is 0.0903. The molecule has 0 aromatic heterocycles. The minimum Gasteiger partial charge on any atom is -0.383 e. The molecule has 1 heterocycles. The van der Waals surface area contributed by atoms with Crippen LogP contribution in [0, 0.1) is 11.8 Å². The largest absolute Gasteiger partial charge is 0.383 e. The zero-order valence-electron chi connectivity index (χ0n) is 12.7. The van der Waals surface area contributed by atoms with Crippen molar-refractivity contribution in [3.05, 3.63) is 0 Å². The summed E-state index contributed by atoms with van der Waals surface area (Å²) in [4.78, 5) is 2.63. The van der Waals surface area contributed by atoms with Crippen LogP contribution in [0.25, 0.3) is 0 Å². The van der Waals surface area contributed by atoms with Crippen molar-refractivity contribution in [3.8, 4) is 0 Å². The van der Waals surface area contributed by atoms with Crippen LogP contribution in [0.1, 0.15) is 40.0 Å². The second kappa shape index (κ2) is 8.89. The quantitative estimate of drug-likeness (QED) is 0.757. The van der Waals surface area contributed by atoms with Crippen LogP contribution < -0.4 is 5.32 Å². The molecular weight excluding hydrogens is 224 g/mol. The molecule has 1 N–H and O–H groups in total. The molecule has 108 valence electrons. The first-order valence-electron chi connectivity index (χ1n) is 7.57. The molecule has 3 heteroatoms. The van der Waals surface area contributed by atoms with Crippen molar-refractivity contribution in [2.45, 2.75) is 46.1 Å². The molecule has 18 heavy (non-hydrogen) atoms. The summed E-state index contributed by atoms with van der Waals surface area (Å²) in [6.07, 6.45) is 4.06. The molecule has 1 saturated heterocycles. The second-order valence-electron chi connectivity index (χ2n) is 6.23. The molecule has 0 amide bonds. The maximum atomic E-state index is 5.40. The molecule has 0 radical (unpaired) electrons. The third kappa shape index (κ3) is 6.17. The lowest BCUT2D eigenvalue weighted by Gasteiger charge is -2.30. The van der Waals surface area contributed by atoms with Gasteiger partial charge in [-0.1, -0.05) is 20.8 Å². The van der Waals surface area contributed by atoms with Crippen LogP contribution in [0.4, 0.5) is 0 Å².